The van der Waals surface area contributed by atoms with E-state index in [1.165, 1.54) is 18.6 Å². The first-order chi connectivity index (χ1) is 5.33. The van der Waals surface area contributed by atoms with E-state index >= 15 is 0 Å². The molecular weight excluding hydrogens is 136 g/mol. The lowest BCUT2D eigenvalue weighted by Gasteiger charge is -2.08. The Morgan fingerprint density at radius 3 is 2.36 bits per heavy atom. The number of rotatable bonds is 1. The molecule has 60 valence electrons. The van der Waals surface area contributed by atoms with Gasteiger partial charge in [0, 0.05) is 0 Å². The molecule has 0 spiro atoms. The predicted molar refractivity (Wildman–Crippen MR) is 42.9 cm³/mol. The first-order valence-corrected chi connectivity index (χ1v) is 4.57. The number of allylic oxidation sites excluding steroid dienone is 2. The lowest BCUT2D eigenvalue weighted by atomic mass is 10.0. The third-order valence-corrected chi connectivity index (χ3v) is 3.96. The number of methoxy groups -OCH3 is 1. The van der Waals surface area contributed by atoms with Gasteiger partial charge in [0.25, 0.3) is 0 Å². The van der Waals surface area contributed by atoms with Gasteiger partial charge in [0.05, 0.1) is 12.9 Å². The van der Waals surface area contributed by atoms with E-state index in [1.54, 1.807) is 12.7 Å². The van der Waals surface area contributed by atoms with Crippen molar-refractivity contribution in [2.45, 2.75) is 19.8 Å². The summed E-state index contributed by atoms with van der Waals surface area (Å²) in [4.78, 5) is 0. The summed E-state index contributed by atoms with van der Waals surface area (Å²) in [6.07, 6.45) is 2.96. The molecule has 0 heterocycles. The lowest BCUT2D eigenvalue weighted by molar-refractivity contribution is 0.284. The van der Waals surface area contributed by atoms with E-state index < -0.39 is 0 Å². The Balaban J connectivity index is 2.02. The zero-order valence-corrected chi connectivity index (χ0v) is 7.13. The molecule has 4 saturated carbocycles. The summed E-state index contributed by atoms with van der Waals surface area (Å²) in [5, 5.41) is 0. The summed E-state index contributed by atoms with van der Waals surface area (Å²) in [6, 6.07) is 0. The molecule has 0 N–H and O–H groups in total. The second-order valence-electron chi connectivity index (χ2n) is 4.24. The largest absolute Gasteiger partial charge is 0.501 e. The molecule has 4 fully saturated rings. The molecule has 0 saturated heterocycles. The van der Waals surface area contributed by atoms with E-state index in [0.29, 0.717) is 0 Å². The molecule has 4 rings (SSSR count). The highest BCUT2D eigenvalue weighted by Gasteiger charge is 2.66. The van der Waals surface area contributed by atoms with Gasteiger partial charge in [-0.2, -0.15) is 0 Å². The van der Waals surface area contributed by atoms with E-state index in [-0.39, 0.29) is 0 Å². The molecule has 2 unspecified atom stereocenters. The highest BCUT2D eigenvalue weighted by atomic mass is 16.5. The molecule has 0 aliphatic heterocycles. The van der Waals surface area contributed by atoms with Gasteiger partial charge in [-0.15, -0.1) is 0 Å². The smallest absolute Gasteiger partial charge is 0.0922 e. The molecule has 0 aromatic carbocycles. The van der Waals surface area contributed by atoms with E-state index in [9.17, 15) is 0 Å². The maximum atomic E-state index is 5.31. The van der Waals surface area contributed by atoms with Crippen LogP contribution in [0.15, 0.2) is 11.3 Å². The van der Waals surface area contributed by atoms with Crippen LogP contribution in [-0.4, -0.2) is 7.11 Å². The summed E-state index contributed by atoms with van der Waals surface area (Å²) in [7, 11) is 1.80. The normalized spacial score (nSPS) is 54.7. The van der Waals surface area contributed by atoms with Crippen molar-refractivity contribution in [3.63, 3.8) is 0 Å². The Labute approximate surface area is 67.4 Å². The van der Waals surface area contributed by atoms with Crippen LogP contribution in [0.1, 0.15) is 19.8 Å². The fraction of sp³-hybridized carbons (Fsp3) is 0.800. The van der Waals surface area contributed by atoms with Crippen LogP contribution in [0.4, 0.5) is 0 Å². The number of hydrogen-bond acceptors (Lipinski definition) is 1. The standard InChI is InChI=1S/C10H14O/c1-5(11-2)9-6-3-7-8(4-6)10(7)9/h6-8,10H,3-4H2,1-2H3/b9-5-. The van der Waals surface area contributed by atoms with Crippen LogP contribution >= 0.6 is 0 Å². The zero-order chi connectivity index (χ0) is 7.59. The second-order valence-corrected chi connectivity index (χ2v) is 4.24. The highest BCUT2D eigenvalue weighted by Crippen LogP contribution is 2.73. The van der Waals surface area contributed by atoms with Crippen LogP contribution in [0, 0.1) is 23.7 Å². The molecule has 1 nitrogen and oxygen atoms in total. The maximum Gasteiger partial charge on any atom is 0.0922 e. The van der Waals surface area contributed by atoms with Crippen LogP contribution in [-0.2, 0) is 4.74 Å². The molecule has 0 aromatic rings. The average molecular weight is 150 g/mol. The number of ether oxygens (including phenoxy) is 1. The summed E-state index contributed by atoms with van der Waals surface area (Å²) in [5.41, 5.74) is 1.68. The fourth-order valence-corrected chi connectivity index (χ4v) is 3.47. The first-order valence-electron chi connectivity index (χ1n) is 4.57. The second kappa shape index (κ2) is 1.65. The molecule has 4 aliphatic rings. The van der Waals surface area contributed by atoms with Crippen molar-refractivity contribution in [3.05, 3.63) is 11.3 Å². The van der Waals surface area contributed by atoms with Crippen LogP contribution in [0.3, 0.4) is 0 Å². The van der Waals surface area contributed by atoms with Gasteiger partial charge in [0.2, 0.25) is 0 Å². The molecule has 0 amide bonds. The molecule has 0 aromatic heterocycles. The van der Waals surface area contributed by atoms with Crippen molar-refractivity contribution in [1.82, 2.24) is 0 Å². The molecule has 11 heavy (non-hydrogen) atoms. The fourth-order valence-electron chi connectivity index (χ4n) is 3.47. The maximum absolute atomic E-state index is 5.31. The Hall–Kier alpha value is -0.460. The van der Waals surface area contributed by atoms with Gasteiger partial charge in [-0.05, 0) is 49.0 Å². The van der Waals surface area contributed by atoms with Crippen molar-refractivity contribution < 1.29 is 4.74 Å². The molecule has 4 bridgehead atoms. The van der Waals surface area contributed by atoms with Gasteiger partial charge in [0.15, 0.2) is 0 Å². The minimum absolute atomic E-state index is 0.926. The van der Waals surface area contributed by atoms with Crippen molar-refractivity contribution >= 4 is 0 Å². The van der Waals surface area contributed by atoms with Gasteiger partial charge in [-0.25, -0.2) is 0 Å². The average Bonchev–Trinajstić information content (AvgIpc) is 2.47. The van der Waals surface area contributed by atoms with Crippen LogP contribution in [0.2, 0.25) is 0 Å². The minimum atomic E-state index is 0.926. The molecule has 2 atom stereocenters. The zero-order valence-electron chi connectivity index (χ0n) is 7.13. The highest BCUT2D eigenvalue weighted by molar-refractivity contribution is 5.36. The summed E-state index contributed by atoms with van der Waals surface area (Å²) >= 11 is 0. The molecule has 1 heteroatoms. The van der Waals surface area contributed by atoms with Crippen LogP contribution < -0.4 is 0 Å². The van der Waals surface area contributed by atoms with Crippen molar-refractivity contribution in [2.75, 3.05) is 7.11 Å². The van der Waals surface area contributed by atoms with E-state index in [2.05, 4.69) is 6.92 Å². The Morgan fingerprint density at radius 2 is 2.00 bits per heavy atom. The Bertz CT molecular complexity index is 225. The third kappa shape index (κ3) is 0.545. The van der Waals surface area contributed by atoms with Crippen molar-refractivity contribution in [2.24, 2.45) is 23.7 Å². The van der Waals surface area contributed by atoms with Crippen LogP contribution in [0.5, 0.6) is 0 Å². The molecule has 0 radical (unpaired) electrons. The van der Waals surface area contributed by atoms with Crippen molar-refractivity contribution in [1.29, 1.82) is 0 Å². The van der Waals surface area contributed by atoms with Gasteiger partial charge < -0.3 is 4.74 Å². The van der Waals surface area contributed by atoms with Crippen LogP contribution in [0.25, 0.3) is 0 Å². The quantitative estimate of drug-likeness (QED) is 0.521. The minimum Gasteiger partial charge on any atom is -0.501 e. The van der Waals surface area contributed by atoms with E-state index in [0.717, 1.165) is 23.7 Å². The topological polar surface area (TPSA) is 9.23 Å². The van der Waals surface area contributed by atoms with Gasteiger partial charge >= 0.3 is 0 Å². The van der Waals surface area contributed by atoms with E-state index in [4.69, 9.17) is 4.74 Å². The number of hydrogen-bond donors (Lipinski definition) is 0. The van der Waals surface area contributed by atoms with Gasteiger partial charge in [-0.3, -0.25) is 0 Å². The van der Waals surface area contributed by atoms with Gasteiger partial charge in [0.1, 0.15) is 0 Å². The monoisotopic (exact) mass is 150 g/mol. The summed E-state index contributed by atoms with van der Waals surface area (Å²) < 4.78 is 5.31. The molecular formula is C10H14O. The Kier molecular flexibility index (Phi) is 0.915. The third-order valence-electron chi connectivity index (χ3n) is 3.96. The SMILES string of the molecule is CO/C(C)=C1/C2CC3C(C2)C13. The van der Waals surface area contributed by atoms with E-state index in [1.807, 2.05) is 0 Å². The van der Waals surface area contributed by atoms with Crippen molar-refractivity contribution in [3.8, 4) is 0 Å². The van der Waals surface area contributed by atoms with Gasteiger partial charge in [-0.1, -0.05) is 0 Å². The summed E-state index contributed by atoms with van der Waals surface area (Å²) in [6.45, 7) is 2.13. The molecule has 4 aliphatic carbocycles. The Morgan fingerprint density at radius 1 is 1.36 bits per heavy atom. The first kappa shape index (κ1) is 6.10. The lowest BCUT2D eigenvalue weighted by Crippen LogP contribution is -1.95. The summed E-state index contributed by atoms with van der Waals surface area (Å²) in [5.74, 6) is 5.29. The predicted octanol–water partition coefficient (Wildman–Crippen LogP) is 2.19.